The average Bonchev–Trinajstić information content (AvgIpc) is 3.06. The molecule has 1 heterocycles. The number of aromatic nitrogens is 1. The molecule has 0 aliphatic rings. The second kappa shape index (κ2) is 7.57. The Morgan fingerprint density at radius 3 is 2.42 bits per heavy atom. The molecule has 128 valence electrons. The molecule has 6 heteroatoms. The molecule has 2 aromatic rings. The van der Waals surface area contributed by atoms with Crippen molar-refractivity contribution in [3.8, 4) is 0 Å². The summed E-state index contributed by atoms with van der Waals surface area (Å²) in [7, 11) is 0. The second-order valence-electron chi connectivity index (χ2n) is 6.13. The number of rotatable bonds is 6. The second-order valence-corrected chi connectivity index (χ2v) is 7.02. The third kappa shape index (κ3) is 4.41. The average molecular weight is 345 g/mol. The summed E-state index contributed by atoms with van der Waals surface area (Å²) in [6.45, 7) is 7.76. The topological polar surface area (TPSA) is 71.1 Å². The van der Waals surface area contributed by atoms with Crippen LogP contribution >= 0.6 is 11.3 Å². The number of aryl methyl sites for hydroxylation is 2. The van der Waals surface area contributed by atoms with Gasteiger partial charge in [-0.2, -0.15) is 0 Å². The normalized spacial score (nSPS) is 13.2. The maximum absolute atomic E-state index is 12.2. The minimum Gasteiger partial charge on any atom is -0.343 e. The Morgan fingerprint density at radius 1 is 1.21 bits per heavy atom. The number of hydrogen-bond acceptors (Lipinski definition) is 4. The molecule has 2 amide bonds. The van der Waals surface area contributed by atoms with E-state index in [0.717, 1.165) is 22.6 Å². The summed E-state index contributed by atoms with van der Waals surface area (Å²) in [6.07, 6.45) is 2.44. The van der Waals surface area contributed by atoms with Crippen molar-refractivity contribution in [3.05, 3.63) is 51.5 Å². The fourth-order valence-electron chi connectivity index (χ4n) is 2.51. The molecule has 2 rings (SSSR count). The first-order chi connectivity index (χ1) is 11.3. The van der Waals surface area contributed by atoms with Crippen molar-refractivity contribution in [1.82, 2.24) is 15.6 Å². The lowest BCUT2D eigenvalue weighted by Gasteiger charge is -2.27. The molecule has 1 unspecified atom stereocenters. The van der Waals surface area contributed by atoms with Gasteiger partial charge < -0.3 is 10.6 Å². The van der Waals surface area contributed by atoms with E-state index in [1.165, 1.54) is 11.3 Å². The van der Waals surface area contributed by atoms with Crippen LogP contribution in [0.25, 0.3) is 0 Å². The zero-order valence-electron chi connectivity index (χ0n) is 14.5. The smallest absolute Gasteiger partial charge is 0.251 e. The zero-order chi connectivity index (χ0) is 17.7. The fourth-order valence-corrected chi connectivity index (χ4v) is 3.34. The van der Waals surface area contributed by atoms with Gasteiger partial charge in [-0.15, -0.1) is 11.3 Å². The predicted octanol–water partition coefficient (Wildman–Crippen LogP) is 2.93. The predicted molar refractivity (Wildman–Crippen MR) is 96.1 cm³/mol. The van der Waals surface area contributed by atoms with Crippen LogP contribution in [0, 0.1) is 13.8 Å². The third-order valence-corrected chi connectivity index (χ3v) is 4.96. The van der Waals surface area contributed by atoms with E-state index >= 15 is 0 Å². The van der Waals surface area contributed by atoms with Crippen molar-refractivity contribution in [1.29, 1.82) is 0 Å². The van der Waals surface area contributed by atoms with Gasteiger partial charge in [0.15, 0.2) is 0 Å². The lowest BCUT2D eigenvalue weighted by atomic mass is 10.00. The SMILES string of the molecule is CCC(C)(NC(=O)CNC(=O)c1cc(C)cc(C)c1)c1nccs1. The number of amides is 2. The Kier molecular flexibility index (Phi) is 5.72. The van der Waals surface area contributed by atoms with Gasteiger partial charge in [-0.3, -0.25) is 9.59 Å². The summed E-state index contributed by atoms with van der Waals surface area (Å²) in [6, 6.07) is 5.63. The molecule has 5 nitrogen and oxygen atoms in total. The number of carbonyl (C=O) groups is 2. The van der Waals surface area contributed by atoms with Gasteiger partial charge >= 0.3 is 0 Å². The molecule has 2 N–H and O–H groups in total. The van der Waals surface area contributed by atoms with Gasteiger partial charge in [0.05, 0.1) is 12.1 Å². The van der Waals surface area contributed by atoms with Gasteiger partial charge in [-0.1, -0.05) is 24.1 Å². The molecule has 0 aliphatic carbocycles. The molecule has 1 atom stereocenters. The summed E-state index contributed by atoms with van der Waals surface area (Å²) in [4.78, 5) is 28.7. The van der Waals surface area contributed by atoms with Crippen LogP contribution in [0.15, 0.2) is 29.8 Å². The van der Waals surface area contributed by atoms with Crippen LogP contribution < -0.4 is 10.6 Å². The molecular formula is C18H23N3O2S. The summed E-state index contributed by atoms with van der Waals surface area (Å²) in [5.41, 5.74) is 2.09. The van der Waals surface area contributed by atoms with E-state index < -0.39 is 5.54 Å². The fraction of sp³-hybridized carbons (Fsp3) is 0.389. The monoisotopic (exact) mass is 345 g/mol. The van der Waals surface area contributed by atoms with Gasteiger partial charge in [0.25, 0.3) is 5.91 Å². The van der Waals surface area contributed by atoms with Crippen LogP contribution in [-0.4, -0.2) is 23.3 Å². The number of carbonyl (C=O) groups excluding carboxylic acids is 2. The molecule has 0 saturated heterocycles. The van der Waals surface area contributed by atoms with Crippen molar-refractivity contribution in [2.24, 2.45) is 0 Å². The Hall–Kier alpha value is -2.21. The van der Waals surface area contributed by atoms with Crippen LogP contribution in [0.3, 0.4) is 0 Å². The van der Waals surface area contributed by atoms with Crippen LogP contribution in [-0.2, 0) is 10.3 Å². The van der Waals surface area contributed by atoms with Crippen molar-refractivity contribution in [3.63, 3.8) is 0 Å². The number of nitrogens with zero attached hydrogens (tertiary/aromatic N) is 1. The van der Waals surface area contributed by atoms with E-state index in [0.29, 0.717) is 5.56 Å². The highest BCUT2D eigenvalue weighted by Gasteiger charge is 2.29. The van der Waals surface area contributed by atoms with Gasteiger partial charge in [-0.25, -0.2) is 4.98 Å². The van der Waals surface area contributed by atoms with Crippen LogP contribution in [0.2, 0.25) is 0 Å². The van der Waals surface area contributed by atoms with Crippen molar-refractivity contribution >= 4 is 23.2 Å². The minimum atomic E-state index is -0.518. The van der Waals surface area contributed by atoms with E-state index in [4.69, 9.17) is 0 Å². The molecule has 1 aromatic carbocycles. The van der Waals surface area contributed by atoms with E-state index in [-0.39, 0.29) is 18.4 Å². The molecule has 0 aliphatic heterocycles. The number of nitrogens with one attached hydrogen (secondary N) is 2. The first-order valence-electron chi connectivity index (χ1n) is 7.91. The van der Waals surface area contributed by atoms with E-state index in [1.807, 2.05) is 51.3 Å². The van der Waals surface area contributed by atoms with E-state index in [2.05, 4.69) is 15.6 Å². The minimum absolute atomic E-state index is 0.0627. The van der Waals surface area contributed by atoms with Crippen molar-refractivity contribution < 1.29 is 9.59 Å². The molecule has 0 spiro atoms. The summed E-state index contributed by atoms with van der Waals surface area (Å²) in [5.74, 6) is -0.475. The lowest BCUT2D eigenvalue weighted by Crippen LogP contribution is -2.47. The Morgan fingerprint density at radius 2 is 1.88 bits per heavy atom. The Labute approximate surface area is 146 Å². The maximum Gasteiger partial charge on any atom is 0.251 e. The maximum atomic E-state index is 12.2. The summed E-state index contributed by atoms with van der Waals surface area (Å²) >= 11 is 1.51. The zero-order valence-corrected chi connectivity index (χ0v) is 15.3. The first-order valence-corrected chi connectivity index (χ1v) is 8.79. The number of hydrogen-bond donors (Lipinski definition) is 2. The number of thiazole rings is 1. The van der Waals surface area contributed by atoms with Crippen molar-refractivity contribution in [2.75, 3.05) is 6.54 Å². The van der Waals surface area contributed by atoms with Gasteiger partial charge in [0, 0.05) is 17.1 Å². The largest absolute Gasteiger partial charge is 0.343 e. The van der Waals surface area contributed by atoms with Crippen LogP contribution in [0.1, 0.15) is 46.8 Å². The van der Waals surface area contributed by atoms with Gasteiger partial charge in [-0.05, 0) is 39.3 Å². The van der Waals surface area contributed by atoms with Gasteiger partial charge in [0.1, 0.15) is 5.01 Å². The highest BCUT2D eigenvalue weighted by Crippen LogP contribution is 2.25. The summed E-state index contributed by atoms with van der Waals surface area (Å²) < 4.78 is 0. The molecular weight excluding hydrogens is 322 g/mol. The molecule has 0 fully saturated rings. The Balaban J connectivity index is 1.96. The van der Waals surface area contributed by atoms with Crippen molar-refractivity contribution in [2.45, 2.75) is 39.7 Å². The van der Waals surface area contributed by atoms with Gasteiger partial charge in [0.2, 0.25) is 5.91 Å². The molecule has 1 aromatic heterocycles. The molecule has 0 radical (unpaired) electrons. The highest BCUT2D eigenvalue weighted by atomic mass is 32.1. The number of benzene rings is 1. The molecule has 0 saturated carbocycles. The standard InChI is InChI=1S/C18H23N3O2S/c1-5-18(4,17-19-6-7-24-17)21-15(22)11-20-16(23)14-9-12(2)8-13(3)10-14/h6-10H,5,11H2,1-4H3,(H,20,23)(H,21,22). The van der Waals surface area contributed by atoms with Crippen LogP contribution in [0.4, 0.5) is 0 Å². The lowest BCUT2D eigenvalue weighted by molar-refractivity contribution is -0.122. The Bertz CT molecular complexity index is 708. The third-order valence-electron chi connectivity index (χ3n) is 3.92. The highest BCUT2D eigenvalue weighted by molar-refractivity contribution is 7.09. The first kappa shape index (κ1) is 18.1. The summed E-state index contributed by atoms with van der Waals surface area (Å²) in [5, 5.41) is 8.39. The quantitative estimate of drug-likeness (QED) is 0.845. The molecule has 0 bridgehead atoms. The van der Waals surface area contributed by atoms with Crippen LogP contribution in [0.5, 0.6) is 0 Å². The van der Waals surface area contributed by atoms with E-state index in [9.17, 15) is 9.59 Å². The van der Waals surface area contributed by atoms with E-state index in [1.54, 1.807) is 6.20 Å². The molecule has 24 heavy (non-hydrogen) atoms.